The molecule has 1 atom stereocenters. The molecule has 2 heterocycles. The van der Waals surface area contributed by atoms with Crippen LogP contribution in [-0.2, 0) is 27.9 Å². The summed E-state index contributed by atoms with van der Waals surface area (Å²) in [6, 6.07) is 11.7. The lowest BCUT2D eigenvalue weighted by atomic mass is 9.78. The Morgan fingerprint density at radius 1 is 1.20 bits per heavy atom. The van der Waals surface area contributed by atoms with Crippen LogP contribution in [0.1, 0.15) is 44.4 Å². The number of aryl methyl sites for hydroxylation is 1. The van der Waals surface area contributed by atoms with Crippen LogP contribution in [0.25, 0.3) is 0 Å². The predicted octanol–water partition coefficient (Wildman–Crippen LogP) is 4.98. The Morgan fingerprint density at radius 2 is 1.93 bits per heavy atom. The fraction of sp³-hybridized carbons (Fsp3) is 0.433. The molecule has 0 spiro atoms. The van der Waals surface area contributed by atoms with Crippen LogP contribution in [0.15, 0.2) is 47.5 Å². The minimum Gasteiger partial charge on any atom is -0.611 e. The van der Waals surface area contributed by atoms with Crippen molar-refractivity contribution in [3.8, 4) is 5.75 Å². The van der Waals surface area contributed by atoms with E-state index in [-0.39, 0.29) is 16.6 Å². The molecular formula is C30H40N6O3S. The Hall–Kier alpha value is -3.34. The number of methoxy groups -OCH3 is 1. The summed E-state index contributed by atoms with van der Waals surface area (Å²) < 4.78 is 18.6. The van der Waals surface area contributed by atoms with Crippen molar-refractivity contribution in [3.63, 3.8) is 0 Å². The van der Waals surface area contributed by atoms with Crippen LogP contribution in [0.5, 0.6) is 5.75 Å². The molecular weight excluding hydrogens is 524 g/mol. The summed E-state index contributed by atoms with van der Waals surface area (Å²) in [6.07, 6.45) is 1.75. The number of anilines is 4. The van der Waals surface area contributed by atoms with Crippen LogP contribution in [0, 0.1) is 6.92 Å². The molecule has 9 nitrogen and oxygen atoms in total. The van der Waals surface area contributed by atoms with E-state index in [4.69, 9.17) is 9.72 Å². The van der Waals surface area contributed by atoms with E-state index in [2.05, 4.69) is 35.5 Å². The van der Waals surface area contributed by atoms with Gasteiger partial charge in [-0.25, -0.2) is 4.98 Å². The van der Waals surface area contributed by atoms with E-state index >= 15 is 0 Å². The zero-order valence-electron chi connectivity index (χ0n) is 24.7. The third-order valence-electron chi connectivity index (χ3n) is 6.91. The Kier molecular flexibility index (Phi) is 8.92. The summed E-state index contributed by atoms with van der Waals surface area (Å²) >= 11 is -1.15. The SMILES string of the molecule is COc1cc2c(cc1Nc1ncc(C)c(Nc3ccccc3[S+]([O-])C(C)C)n1)CN(C(=O)CN(C)C)CC2(C)C. The van der Waals surface area contributed by atoms with E-state index in [1.54, 1.807) is 13.3 Å². The molecule has 3 aromatic rings. The van der Waals surface area contributed by atoms with Crippen molar-refractivity contribution in [2.24, 2.45) is 0 Å². The zero-order chi connectivity index (χ0) is 29.2. The number of hydrogen-bond donors (Lipinski definition) is 2. The number of likely N-dealkylation sites (N-methyl/N-ethyl adjacent to an activating group) is 1. The number of rotatable bonds is 9. The molecule has 0 bridgehead atoms. The fourth-order valence-corrected chi connectivity index (χ4v) is 5.96. The molecule has 1 aromatic heterocycles. The molecule has 0 aliphatic carbocycles. The van der Waals surface area contributed by atoms with Gasteiger partial charge in [0.15, 0.2) is 4.90 Å². The van der Waals surface area contributed by atoms with Crippen molar-refractivity contribution in [1.29, 1.82) is 0 Å². The van der Waals surface area contributed by atoms with E-state index in [0.29, 0.717) is 37.1 Å². The first-order valence-electron chi connectivity index (χ1n) is 13.4. The van der Waals surface area contributed by atoms with Crippen molar-refractivity contribution in [2.45, 2.75) is 56.7 Å². The first-order valence-corrected chi connectivity index (χ1v) is 14.6. The molecule has 0 radical (unpaired) electrons. The highest BCUT2D eigenvalue weighted by molar-refractivity contribution is 7.92. The van der Waals surface area contributed by atoms with Gasteiger partial charge in [-0.15, -0.1) is 0 Å². The minimum atomic E-state index is -1.15. The summed E-state index contributed by atoms with van der Waals surface area (Å²) in [5, 5.41) is 6.68. The van der Waals surface area contributed by atoms with Crippen molar-refractivity contribution >= 4 is 40.2 Å². The molecule has 214 valence electrons. The number of hydrogen-bond acceptors (Lipinski definition) is 8. The van der Waals surface area contributed by atoms with E-state index in [1.807, 2.05) is 75.0 Å². The maximum Gasteiger partial charge on any atom is 0.237 e. The molecule has 2 aromatic carbocycles. The largest absolute Gasteiger partial charge is 0.611 e. The number of nitrogens with zero attached hydrogens (tertiary/aromatic N) is 4. The molecule has 1 unspecified atom stereocenters. The number of carbonyl (C=O) groups excluding carboxylic acids is 1. The molecule has 10 heteroatoms. The molecule has 0 fully saturated rings. The van der Waals surface area contributed by atoms with Gasteiger partial charge < -0.3 is 29.7 Å². The summed E-state index contributed by atoms with van der Waals surface area (Å²) in [5.41, 5.74) is 4.30. The second-order valence-corrected chi connectivity index (χ2v) is 13.4. The van der Waals surface area contributed by atoms with Crippen molar-refractivity contribution in [3.05, 3.63) is 59.3 Å². The monoisotopic (exact) mass is 564 g/mol. The smallest absolute Gasteiger partial charge is 0.237 e. The maximum atomic E-state index is 12.9. The van der Waals surface area contributed by atoms with E-state index in [0.717, 1.165) is 33.0 Å². The highest BCUT2D eigenvalue weighted by Crippen LogP contribution is 2.40. The van der Waals surface area contributed by atoms with Crippen molar-refractivity contribution in [2.75, 3.05) is 44.9 Å². The van der Waals surface area contributed by atoms with Gasteiger partial charge in [-0.3, -0.25) is 4.79 Å². The molecule has 2 N–H and O–H groups in total. The molecule has 1 amide bonds. The van der Waals surface area contributed by atoms with Gasteiger partial charge in [-0.05, 0) is 81.4 Å². The number of nitrogens with one attached hydrogen (secondary N) is 2. The first kappa shape index (κ1) is 29.6. The number of ether oxygens (including phenoxy) is 1. The molecule has 0 saturated carbocycles. The Labute approximate surface area is 240 Å². The number of fused-ring (bicyclic) bond motifs is 1. The van der Waals surface area contributed by atoms with Gasteiger partial charge in [-0.1, -0.05) is 26.0 Å². The van der Waals surface area contributed by atoms with Crippen LogP contribution in [0.3, 0.4) is 0 Å². The second kappa shape index (κ2) is 12.0. The Balaban J connectivity index is 1.65. The van der Waals surface area contributed by atoms with Gasteiger partial charge in [0.1, 0.15) is 16.8 Å². The number of benzene rings is 2. The highest BCUT2D eigenvalue weighted by Gasteiger charge is 2.35. The standard InChI is InChI=1S/C30H40N6O3S/c1-19(2)40(38)26-12-10-9-11-23(26)32-28-20(3)15-31-29(34-28)33-24-13-21-16-36(27(37)17-35(6)7)18-30(4,5)22(21)14-25(24)39-8/h9-15,19H,16-18H2,1-8H3,(H2,31,32,33,34). The maximum absolute atomic E-state index is 12.9. The summed E-state index contributed by atoms with van der Waals surface area (Å²) in [7, 11) is 5.45. The Bertz CT molecular complexity index is 1380. The quantitative estimate of drug-likeness (QED) is 0.351. The molecule has 0 saturated heterocycles. The average molecular weight is 565 g/mol. The number of carbonyl (C=O) groups is 1. The third kappa shape index (κ3) is 6.51. The fourth-order valence-electron chi connectivity index (χ4n) is 4.90. The van der Waals surface area contributed by atoms with Gasteiger partial charge in [0.2, 0.25) is 11.9 Å². The number of para-hydroxylation sites is 1. The van der Waals surface area contributed by atoms with Crippen molar-refractivity contribution in [1.82, 2.24) is 19.8 Å². The first-order chi connectivity index (χ1) is 18.9. The van der Waals surface area contributed by atoms with Gasteiger partial charge >= 0.3 is 0 Å². The number of aromatic nitrogens is 2. The molecule has 4 rings (SSSR count). The topological polar surface area (TPSA) is 106 Å². The second-order valence-electron chi connectivity index (χ2n) is 11.4. The zero-order valence-corrected chi connectivity index (χ0v) is 25.5. The normalized spacial score (nSPS) is 15.1. The van der Waals surface area contributed by atoms with E-state index in [9.17, 15) is 9.35 Å². The van der Waals surface area contributed by atoms with Gasteiger partial charge in [0, 0.05) is 30.3 Å². The van der Waals surface area contributed by atoms with Gasteiger partial charge in [0.25, 0.3) is 0 Å². The van der Waals surface area contributed by atoms with Crippen LogP contribution in [0.4, 0.5) is 23.1 Å². The Morgan fingerprint density at radius 3 is 2.60 bits per heavy atom. The highest BCUT2D eigenvalue weighted by atomic mass is 32.2. The minimum absolute atomic E-state index is 0.0118. The van der Waals surface area contributed by atoms with Crippen LogP contribution < -0.4 is 15.4 Å². The van der Waals surface area contributed by atoms with E-state index in [1.165, 1.54) is 0 Å². The van der Waals surface area contributed by atoms with Gasteiger partial charge in [0.05, 0.1) is 25.0 Å². The average Bonchev–Trinajstić information content (AvgIpc) is 2.89. The lowest BCUT2D eigenvalue weighted by Gasteiger charge is -2.40. The van der Waals surface area contributed by atoms with Crippen LogP contribution >= 0.6 is 0 Å². The predicted molar refractivity (Wildman–Crippen MR) is 161 cm³/mol. The van der Waals surface area contributed by atoms with Gasteiger partial charge in [-0.2, -0.15) is 4.98 Å². The third-order valence-corrected chi connectivity index (χ3v) is 8.56. The summed E-state index contributed by atoms with van der Waals surface area (Å²) in [4.78, 5) is 26.7. The summed E-state index contributed by atoms with van der Waals surface area (Å²) in [6.45, 7) is 11.6. The lowest BCUT2D eigenvalue weighted by molar-refractivity contribution is -0.133. The summed E-state index contributed by atoms with van der Waals surface area (Å²) in [5.74, 6) is 1.79. The van der Waals surface area contributed by atoms with Crippen LogP contribution in [-0.4, -0.2) is 69.8 Å². The molecule has 1 aliphatic heterocycles. The van der Waals surface area contributed by atoms with Crippen molar-refractivity contribution < 1.29 is 14.1 Å². The molecule has 40 heavy (non-hydrogen) atoms. The van der Waals surface area contributed by atoms with Crippen LogP contribution in [0.2, 0.25) is 0 Å². The number of amides is 1. The van der Waals surface area contributed by atoms with E-state index < -0.39 is 11.2 Å². The lowest BCUT2D eigenvalue weighted by Crippen LogP contribution is -2.47. The molecule has 1 aliphatic rings.